The minimum absolute atomic E-state index is 0.147. The number of benzene rings is 1. The number of likely N-dealkylation sites (tertiary alicyclic amines) is 1. The first-order chi connectivity index (χ1) is 10.3. The largest absolute Gasteiger partial charge is 0.388 e. The van der Waals surface area contributed by atoms with Crippen molar-refractivity contribution < 1.29 is 14.3 Å². The molecule has 122 valence electrons. The summed E-state index contributed by atoms with van der Waals surface area (Å²) in [5.74, 6) is -0.543. The summed E-state index contributed by atoms with van der Waals surface area (Å²) in [5.41, 5.74) is 0.437. The molecule has 1 unspecified atom stereocenters. The summed E-state index contributed by atoms with van der Waals surface area (Å²) in [5, 5.41) is 10.7. The number of hydrogen-bond acceptors (Lipinski definition) is 3. The minimum atomic E-state index is -0.754. The van der Waals surface area contributed by atoms with E-state index in [4.69, 9.17) is 0 Å². The summed E-state index contributed by atoms with van der Waals surface area (Å²) < 4.78 is 13.4. The van der Waals surface area contributed by atoms with E-state index in [0.717, 1.165) is 12.0 Å². The predicted octanol–water partition coefficient (Wildman–Crippen LogP) is 2.05. The van der Waals surface area contributed by atoms with Gasteiger partial charge in [-0.15, -0.1) is 0 Å². The molecule has 0 saturated carbocycles. The third kappa shape index (κ3) is 4.05. The molecule has 0 aliphatic carbocycles. The third-order valence-electron chi connectivity index (χ3n) is 4.25. The fourth-order valence-corrected chi connectivity index (χ4v) is 3.12. The van der Waals surface area contributed by atoms with Crippen LogP contribution in [0.15, 0.2) is 18.2 Å². The van der Waals surface area contributed by atoms with Crippen LogP contribution >= 0.6 is 0 Å². The molecule has 0 spiro atoms. The van der Waals surface area contributed by atoms with Gasteiger partial charge in [-0.05, 0) is 58.0 Å². The molecule has 1 aliphatic heterocycles. The SMILES string of the molecule is Cc1ccc(F)cc1C(=O)N1CCCC(O)(CN(C)C)CC1. The fraction of sp³-hybridized carbons (Fsp3) is 0.588. The van der Waals surface area contributed by atoms with Gasteiger partial charge in [0.1, 0.15) is 5.82 Å². The predicted molar refractivity (Wildman–Crippen MR) is 84.4 cm³/mol. The zero-order valence-electron chi connectivity index (χ0n) is 13.6. The molecule has 4 nitrogen and oxygen atoms in total. The Morgan fingerprint density at radius 2 is 2.09 bits per heavy atom. The second-order valence-corrected chi connectivity index (χ2v) is 6.57. The average molecular weight is 308 g/mol. The quantitative estimate of drug-likeness (QED) is 0.929. The van der Waals surface area contributed by atoms with Crippen molar-refractivity contribution in [2.45, 2.75) is 31.8 Å². The Morgan fingerprint density at radius 3 is 2.77 bits per heavy atom. The molecule has 0 bridgehead atoms. The van der Waals surface area contributed by atoms with Gasteiger partial charge in [-0.3, -0.25) is 4.79 Å². The lowest BCUT2D eigenvalue weighted by atomic mass is 9.94. The molecule has 1 aliphatic rings. The number of halogens is 1. The summed E-state index contributed by atoms with van der Waals surface area (Å²) in [6.45, 7) is 3.50. The number of hydrogen-bond donors (Lipinski definition) is 1. The maximum atomic E-state index is 13.4. The van der Waals surface area contributed by atoms with Gasteiger partial charge in [-0.1, -0.05) is 6.07 Å². The summed E-state index contributed by atoms with van der Waals surface area (Å²) in [7, 11) is 3.86. The Hall–Kier alpha value is -1.46. The molecule has 1 heterocycles. The van der Waals surface area contributed by atoms with Crippen molar-refractivity contribution in [1.29, 1.82) is 0 Å². The van der Waals surface area contributed by atoms with Gasteiger partial charge in [0.05, 0.1) is 5.60 Å². The van der Waals surface area contributed by atoms with Crippen molar-refractivity contribution in [3.63, 3.8) is 0 Å². The van der Waals surface area contributed by atoms with Crippen LogP contribution in [0.5, 0.6) is 0 Å². The number of rotatable bonds is 3. The number of amides is 1. The van der Waals surface area contributed by atoms with Crippen LogP contribution in [0, 0.1) is 12.7 Å². The molecule has 1 aromatic carbocycles. The van der Waals surface area contributed by atoms with E-state index >= 15 is 0 Å². The van der Waals surface area contributed by atoms with Crippen molar-refractivity contribution in [3.8, 4) is 0 Å². The highest BCUT2D eigenvalue weighted by atomic mass is 19.1. The highest BCUT2D eigenvalue weighted by Crippen LogP contribution is 2.24. The number of carbonyl (C=O) groups excluding carboxylic acids is 1. The highest BCUT2D eigenvalue weighted by molar-refractivity contribution is 5.95. The van der Waals surface area contributed by atoms with Gasteiger partial charge in [-0.2, -0.15) is 0 Å². The van der Waals surface area contributed by atoms with Gasteiger partial charge in [-0.25, -0.2) is 4.39 Å². The lowest BCUT2D eigenvalue weighted by Gasteiger charge is -2.30. The second-order valence-electron chi connectivity index (χ2n) is 6.57. The molecule has 0 aromatic heterocycles. The van der Waals surface area contributed by atoms with E-state index in [9.17, 15) is 14.3 Å². The maximum Gasteiger partial charge on any atom is 0.254 e. The van der Waals surface area contributed by atoms with Crippen molar-refractivity contribution in [1.82, 2.24) is 9.80 Å². The molecule has 2 rings (SSSR count). The van der Waals surface area contributed by atoms with Crippen LogP contribution in [-0.4, -0.2) is 60.1 Å². The van der Waals surface area contributed by atoms with Gasteiger partial charge >= 0.3 is 0 Å². The average Bonchev–Trinajstić information content (AvgIpc) is 2.62. The lowest BCUT2D eigenvalue weighted by molar-refractivity contribution is 0.00305. The van der Waals surface area contributed by atoms with E-state index in [2.05, 4.69) is 0 Å². The van der Waals surface area contributed by atoms with Crippen LogP contribution in [0.3, 0.4) is 0 Å². The monoisotopic (exact) mass is 308 g/mol. The number of carbonyl (C=O) groups is 1. The normalized spacial score (nSPS) is 22.7. The minimum Gasteiger partial charge on any atom is -0.388 e. The molecule has 1 saturated heterocycles. The highest BCUT2D eigenvalue weighted by Gasteiger charge is 2.32. The number of aliphatic hydroxyl groups is 1. The third-order valence-corrected chi connectivity index (χ3v) is 4.25. The van der Waals surface area contributed by atoms with Gasteiger partial charge in [0.15, 0.2) is 0 Å². The molecule has 1 atom stereocenters. The zero-order chi connectivity index (χ0) is 16.3. The Bertz CT molecular complexity index is 547. The van der Waals surface area contributed by atoms with Crippen molar-refractivity contribution in [2.24, 2.45) is 0 Å². The topological polar surface area (TPSA) is 43.8 Å². The first kappa shape index (κ1) is 16.9. The van der Waals surface area contributed by atoms with Crippen LogP contribution in [0.25, 0.3) is 0 Å². The summed E-state index contributed by atoms with van der Waals surface area (Å²) in [4.78, 5) is 16.3. The number of likely N-dealkylation sites (N-methyl/N-ethyl adjacent to an activating group) is 1. The molecule has 22 heavy (non-hydrogen) atoms. The lowest BCUT2D eigenvalue weighted by Crippen LogP contribution is -2.41. The van der Waals surface area contributed by atoms with Crippen LogP contribution in [-0.2, 0) is 0 Å². The second kappa shape index (κ2) is 6.75. The van der Waals surface area contributed by atoms with E-state index in [0.29, 0.717) is 38.0 Å². The van der Waals surface area contributed by atoms with Crippen molar-refractivity contribution in [2.75, 3.05) is 33.7 Å². The van der Waals surface area contributed by atoms with E-state index < -0.39 is 11.4 Å². The van der Waals surface area contributed by atoms with Gasteiger partial charge < -0.3 is 14.9 Å². The maximum absolute atomic E-state index is 13.4. The van der Waals surface area contributed by atoms with Crippen molar-refractivity contribution >= 4 is 5.91 Å². The molecular weight excluding hydrogens is 283 g/mol. The molecule has 1 fully saturated rings. The van der Waals surface area contributed by atoms with E-state index in [1.807, 2.05) is 25.9 Å². The van der Waals surface area contributed by atoms with E-state index in [-0.39, 0.29) is 5.91 Å². The summed E-state index contributed by atoms with van der Waals surface area (Å²) >= 11 is 0. The van der Waals surface area contributed by atoms with Crippen molar-refractivity contribution in [3.05, 3.63) is 35.1 Å². The molecular formula is C17H25FN2O2. The summed E-state index contributed by atoms with van der Waals surface area (Å²) in [6, 6.07) is 4.29. The van der Waals surface area contributed by atoms with Crippen LogP contribution in [0.1, 0.15) is 35.2 Å². The molecule has 1 N–H and O–H groups in total. The van der Waals surface area contributed by atoms with E-state index in [1.54, 1.807) is 11.0 Å². The Labute approximate surface area is 131 Å². The summed E-state index contributed by atoms with van der Waals surface area (Å²) in [6.07, 6.45) is 1.98. The standard InChI is InChI=1S/C17H25FN2O2/c1-13-5-6-14(18)11-15(13)16(21)20-9-4-7-17(22,8-10-20)12-19(2)3/h5-6,11,22H,4,7-10,12H2,1-3H3. The fourth-order valence-electron chi connectivity index (χ4n) is 3.12. The Morgan fingerprint density at radius 1 is 1.36 bits per heavy atom. The van der Waals surface area contributed by atoms with E-state index in [1.165, 1.54) is 12.1 Å². The van der Waals surface area contributed by atoms with Gasteiger partial charge in [0.25, 0.3) is 5.91 Å². The van der Waals surface area contributed by atoms with Crippen LogP contribution in [0.4, 0.5) is 4.39 Å². The Kier molecular flexibility index (Phi) is 5.19. The van der Waals surface area contributed by atoms with Gasteiger partial charge in [0, 0.05) is 25.2 Å². The first-order valence-electron chi connectivity index (χ1n) is 7.73. The zero-order valence-corrected chi connectivity index (χ0v) is 13.6. The number of aryl methyl sites for hydroxylation is 1. The smallest absolute Gasteiger partial charge is 0.254 e. The molecule has 5 heteroatoms. The molecule has 0 radical (unpaired) electrons. The molecule has 1 aromatic rings. The van der Waals surface area contributed by atoms with Crippen LogP contribution in [0.2, 0.25) is 0 Å². The molecule has 1 amide bonds. The van der Waals surface area contributed by atoms with Gasteiger partial charge in [0.2, 0.25) is 0 Å². The number of nitrogens with zero attached hydrogens (tertiary/aromatic N) is 2. The van der Waals surface area contributed by atoms with Crippen LogP contribution < -0.4 is 0 Å². The Balaban J connectivity index is 2.10. The first-order valence-corrected chi connectivity index (χ1v) is 7.73.